The minimum atomic E-state index is -0.343. The molecule has 0 radical (unpaired) electrons. The topological polar surface area (TPSA) is 58.4 Å². The van der Waals surface area contributed by atoms with Gasteiger partial charge in [0.1, 0.15) is 0 Å². The molecule has 1 aromatic carbocycles. The Morgan fingerprint density at radius 2 is 2.15 bits per heavy atom. The van der Waals surface area contributed by atoms with Gasteiger partial charge in [0.2, 0.25) is 0 Å². The van der Waals surface area contributed by atoms with Crippen LogP contribution >= 0.6 is 22.6 Å². The summed E-state index contributed by atoms with van der Waals surface area (Å²) in [4.78, 5) is 13.0. The predicted octanol–water partition coefficient (Wildman–Crippen LogP) is 3.24. The zero-order valence-corrected chi connectivity index (χ0v) is 13.4. The molecule has 108 valence electrons. The first kappa shape index (κ1) is 14.1. The van der Waals surface area contributed by atoms with Gasteiger partial charge >= 0.3 is 0 Å². The number of fused-ring (bicyclic) bond motifs is 1. The van der Waals surface area contributed by atoms with Gasteiger partial charge in [0.15, 0.2) is 0 Å². The summed E-state index contributed by atoms with van der Waals surface area (Å²) in [5, 5.41) is 14.4. The molecule has 2 aliphatic heterocycles. The van der Waals surface area contributed by atoms with Crippen molar-refractivity contribution in [2.45, 2.75) is 37.8 Å². The van der Waals surface area contributed by atoms with E-state index in [-0.39, 0.29) is 10.6 Å². The highest BCUT2D eigenvalue weighted by Gasteiger charge is 2.35. The van der Waals surface area contributed by atoms with Crippen molar-refractivity contribution in [3.05, 3.63) is 31.9 Å². The summed E-state index contributed by atoms with van der Waals surface area (Å²) in [6, 6.07) is 6.17. The zero-order chi connectivity index (χ0) is 14.1. The molecule has 0 saturated carbocycles. The van der Waals surface area contributed by atoms with Crippen LogP contribution in [0.15, 0.2) is 18.2 Å². The number of non-ortho nitro benzene ring substituents is 1. The molecule has 2 aliphatic rings. The van der Waals surface area contributed by atoms with E-state index in [0.29, 0.717) is 12.1 Å². The highest BCUT2D eigenvalue weighted by atomic mass is 127. The number of nitrogens with one attached hydrogen (secondary N) is 1. The van der Waals surface area contributed by atoms with Crippen LogP contribution in [0.1, 0.15) is 25.7 Å². The molecule has 2 saturated heterocycles. The van der Waals surface area contributed by atoms with E-state index in [1.807, 2.05) is 6.07 Å². The van der Waals surface area contributed by atoms with Crippen LogP contribution in [-0.4, -0.2) is 35.0 Å². The quantitative estimate of drug-likeness (QED) is 0.492. The van der Waals surface area contributed by atoms with Crippen LogP contribution in [0.2, 0.25) is 0 Å². The number of anilines is 1. The Kier molecular flexibility index (Phi) is 4.11. The number of hydrogen-bond acceptors (Lipinski definition) is 4. The smallest absolute Gasteiger partial charge is 0.270 e. The summed E-state index contributed by atoms with van der Waals surface area (Å²) < 4.78 is 0.922. The lowest BCUT2D eigenvalue weighted by atomic mass is 9.99. The van der Waals surface area contributed by atoms with Gasteiger partial charge in [-0.05, 0) is 54.5 Å². The molecule has 20 heavy (non-hydrogen) atoms. The maximum Gasteiger partial charge on any atom is 0.270 e. The predicted molar refractivity (Wildman–Crippen MR) is 87.1 cm³/mol. The Morgan fingerprint density at radius 1 is 1.30 bits per heavy atom. The van der Waals surface area contributed by atoms with Crippen molar-refractivity contribution in [1.82, 2.24) is 4.90 Å². The number of rotatable bonds is 3. The van der Waals surface area contributed by atoms with Gasteiger partial charge in [-0.25, -0.2) is 0 Å². The van der Waals surface area contributed by atoms with Crippen molar-refractivity contribution in [2.75, 3.05) is 18.4 Å². The normalized spacial score (nSPS) is 26.2. The largest absolute Gasteiger partial charge is 0.380 e. The molecule has 2 heterocycles. The van der Waals surface area contributed by atoms with Gasteiger partial charge in [0, 0.05) is 40.0 Å². The Balaban J connectivity index is 1.73. The molecule has 0 spiro atoms. The summed E-state index contributed by atoms with van der Waals surface area (Å²) in [5.74, 6) is 0. The van der Waals surface area contributed by atoms with E-state index in [0.717, 1.165) is 15.7 Å². The average molecular weight is 387 g/mol. The Bertz CT molecular complexity index is 523. The molecular weight excluding hydrogens is 369 g/mol. The zero-order valence-electron chi connectivity index (χ0n) is 11.2. The average Bonchev–Trinajstić information content (AvgIpc) is 2.84. The van der Waals surface area contributed by atoms with Crippen LogP contribution < -0.4 is 5.32 Å². The number of nitro groups is 1. The molecule has 0 aliphatic carbocycles. The Labute approximate surface area is 132 Å². The first-order chi connectivity index (χ1) is 9.65. The summed E-state index contributed by atoms with van der Waals surface area (Å²) in [5.41, 5.74) is 1.18. The highest BCUT2D eigenvalue weighted by molar-refractivity contribution is 14.1. The third-order valence-electron chi connectivity index (χ3n) is 4.36. The first-order valence-corrected chi connectivity index (χ1v) is 8.17. The minimum Gasteiger partial charge on any atom is -0.380 e. The second-order valence-electron chi connectivity index (χ2n) is 5.56. The van der Waals surface area contributed by atoms with E-state index >= 15 is 0 Å². The lowest BCUT2D eigenvalue weighted by Crippen LogP contribution is -2.41. The lowest BCUT2D eigenvalue weighted by Gasteiger charge is -2.33. The third kappa shape index (κ3) is 2.76. The third-order valence-corrected chi connectivity index (χ3v) is 5.25. The van der Waals surface area contributed by atoms with Crippen LogP contribution in [0, 0.1) is 13.7 Å². The monoisotopic (exact) mass is 387 g/mol. The highest BCUT2D eigenvalue weighted by Crippen LogP contribution is 2.31. The molecule has 1 N–H and O–H groups in total. The molecular formula is C14H18IN3O2. The van der Waals surface area contributed by atoms with Crippen molar-refractivity contribution >= 4 is 34.0 Å². The van der Waals surface area contributed by atoms with Gasteiger partial charge < -0.3 is 5.32 Å². The maximum absolute atomic E-state index is 10.8. The van der Waals surface area contributed by atoms with Crippen LogP contribution in [0.4, 0.5) is 11.4 Å². The Hall–Kier alpha value is -0.890. The van der Waals surface area contributed by atoms with Gasteiger partial charge in [-0.3, -0.25) is 15.0 Å². The van der Waals surface area contributed by atoms with E-state index in [4.69, 9.17) is 0 Å². The van der Waals surface area contributed by atoms with Crippen molar-refractivity contribution in [3.8, 4) is 0 Å². The molecule has 0 aromatic heterocycles. The van der Waals surface area contributed by atoms with Crippen LogP contribution in [0.5, 0.6) is 0 Å². The molecule has 5 nitrogen and oxygen atoms in total. The second kappa shape index (κ2) is 5.85. The fourth-order valence-corrected chi connectivity index (χ4v) is 4.00. The summed E-state index contributed by atoms with van der Waals surface area (Å²) in [6.07, 6.45) is 5.06. The molecule has 2 fully saturated rings. The minimum absolute atomic E-state index is 0.158. The van der Waals surface area contributed by atoms with Crippen LogP contribution in [0.25, 0.3) is 0 Å². The lowest BCUT2D eigenvalue weighted by molar-refractivity contribution is -0.384. The molecule has 2 atom stereocenters. The van der Waals surface area contributed by atoms with Crippen LogP contribution in [-0.2, 0) is 0 Å². The standard InChI is InChI=1S/C14H18IN3O2/c15-11-9-10(18(19)20)4-5-12(11)16-13-6-8-17-7-2-1-3-14(13)17/h4-5,9,13-14,16H,1-3,6-8H2. The van der Waals surface area contributed by atoms with E-state index in [1.54, 1.807) is 12.1 Å². The van der Waals surface area contributed by atoms with Gasteiger partial charge in [0.05, 0.1) is 4.92 Å². The van der Waals surface area contributed by atoms with Gasteiger partial charge in [-0.15, -0.1) is 0 Å². The fraction of sp³-hybridized carbons (Fsp3) is 0.571. The SMILES string of the molecule is O=[N+]([O-])c1ccc(NC2CCN3CCCCC23)c(I)c1. The second-order valence-corrected chi connectivity index (χ2v) is 6.72. The van der Waals surface area contributed by atoms with Gasteiger partial charge in [0.25, 0.3) is 5.69 Å². The molecule has 1 aromatic rings. The van der Waals surface area contributed by atoms with Gasteiger partial charge in [-0.2, -0.15) is 0 Å². The van der Waals surface area contributed by atoms with Crippen molar-refractivity contribution in [2.24, 2.45) is 0 Å². The molecule has 0 bridgehead atoms. The van der Waals surface area contributed by atoms with Crippen molar-refractivity contribution in [1.29, 1.82) is 0 Å². The van der Waals surface area contributed by atoms with E-state index < -0.39 is 0 Å². The van der Waals surface area contributed by atoms with Crippen molar-refractivity contribution in [3.63, 3.8) is 0 Å². The van der Waals surface area contributed by atoms with E-state index in [9.17, 15) is 10.1 Å². The number of hydrogen-bond donors (Lipinski definition) is 1. The first-order valence-electron chi connectivity index (χ1n) is 7.09. The van der Waals surface area contributed by atoms with Crippen LogP contribution in [0.3, 0.4) is 0 Å². The number of nitrogens with zero attached hydrogens (tertiary/aromatic N) is 2. The fourth-order valence-electron chi connectivity index (χ4n) is 3.35. The number of piperidine rings is 1. The molecule has 6 heteroatoms. The molecule has 0 amide bonds. The number of benzene rings is 1. The van der Waals surface area contributed by atoms with Gasteiger partial charge in [-0.1, -0.05) is 6.42 Å². The molecule has 2 unspecified atom stereocenters. The Morgan fingerprint density at radius 3 is 2.90 bits per heavy atom. The summed E-state index contributed by atoms with van der Waals surface area (Å²) >= 11 is 2.17. The summed E-state index contributed by atoms with van der Waals surface area (Å²) in [6.45, 7) is 2.39. The maximum atomic E-state index is 10.8. The van der Waals surface area contributed by atoms with Crippen molar-refractivity contribution < 1.29 is 4.92 Å². The van der Waals surface area contributed by atoms with E-state index in [1.165, 1.54) is 32.4 Å². The summed E-state index contributed by atoms with van der Waals surface area (Å²) in [7, 11) is 0. The molecule has 3 rings (SSSR count). The number of nitro benzene ring substituents is 1. The van der Waals surface area contributed by atoms with E-state index in [2.05, 4.69) is 32.8 Å². The number of halogens is 1.